The molecule has 0 aromatic heterocycles. The van der Waals surface area contributed by atoms with E-state index in [9.17, 15) is 19.3 Å². The van der Waals surface area contributed by atoms with E-state index in [0.29, 0.717) is 11.1 Å². The zero-order chi connectivity index (χ0) is 24.6. The van der Waals surface area contributed by atoms with Gasteiger partial charge in [-0.3, -0.25) is 9.36 Å². The van der Waals surface area contributed by atoms with Crippen molar-refractivity contribution in [2.45, 2.75) is 58.7 Å². The largest absolute Gasteiger partial charge is 0.480 e. The van der Waals surface area contributed by atoms with E-state index in [1.807, 2.05) is 24.3 Å². The summed E-state index contributed by atoms with van der Waals surface area (Å²) in [7, 11) is -3.25. The molecule has 0 heterocycles. The van der Waals surface area contributed by atoms with Crippen LogP contribution in [-0.4, -0.2) is 36.2 Å². The summed E-state index contributed by atoms with van der Waals surface area (Å²) in [5.74, 6) is -1.59. The van der Waals surface area contributed by atoms with Gasteiger partial charge in [0.25, 0.3) is 5.91 Å². The second-order valence-electron chi connectivity index (χ2n) is 8.82. The summed E-state index contributed by atoms with van der Waals surface area (Å²) in [4.78, 5) is 24.4. The molecule has 2 rings (SSSR count). The SMILES string of the molecule is CCOP(=O)(Cc1ccc(C(=O)N[C@@H](Cc2ccc(C(C)(C)C)cc2)C(=O)O)cc1)OCC. The Hall–Kier alpha value is -2.47. The van der Waals surface area contributed by atoms with Crippen LogP contribution in [0.2, 0.25) is 0 Å². The number of nitrogens with one attached hydrogen (secondary N) is 1. The zero-order valence-electron chi connectivity index (χ0n) is 20.0. The number of benzene rings is 2. The highest BCUT2D eigenvalue weighted by Gasteiger charge is 2.25. The van der Waals surface area contributed by atoms with Gasteiger partial charge < -0.3 is 19.5 Å². The van der Waals surface area contributed by atoms with Crippen molar-refractivity contribution in [3.8, 4) is 0 Å². The maximum Gasteiger partial charge on any atom is 0.335 e. The predicted octanol–water partition coefficient (Wildman–Crippen LogP) is 5.18. The molecule has 8 heteroatoms. The Morgan fingerprint density at radius 3 is 1.91 bits per heavy atom. The standard InChI is InChI=1S/C25H34NO6P/c1-6-31-33(30,32-7-2)17-19-8-12-20(13-9-19)23(27)26-22(24(28)29)16-18-10-14-21(15-11-18)25(3,4)5/h8-15,22H,6-7,16-17H2,1-5H3,(H,26,27)(H,28,29)/t22-/m0/s1. The molecular formula is C25H34NO6P. The molecule has 7 nitrogen and oxygen atoms in total. The average molecular weight is 476 g/mol. The molecule has 0 aliphatic heterocycles. The highest BCUT2D eigenvalue weighted by molar-refractivity contribution is 7.53. The fourth-order valence-electron chi connectivity index (χ4n) is 3.33. The summed E-state index contributed by atoms with van der Waals surface area (Å²) in [6.07, 6.45) is 0.272. The number of carbonyl (C=O) groups excluding carboxylic acids is 1. The third-order valence-electron chi connectivity index (χ3n) is 5.11. The van der Waals surface area contributed by atoms with Crippen LogP contribution < -0.4 is 5.32 Å². The molecule has 0 spiro atoms. The molecule has 180 valence electrons. The van der Waals surface area contributed by atoms with Crippen LogP contribution in [0.3, 0.4) is 0 Å². The van der Waals surface area contributed by atoms with Gasteiger partial charge in [0.1, 0.15) is 6.04 Å². The van der Waals surface area contributed by atoms with E-state index in [-0.39, 0.29) is 31.2 Å². The van der Waals surface area contributed by atoms with Crippen LogP contribution in [0.25, 0.3) is 0 Å². The third kappa shape index (κ3) is 8.11. The number of carboxylic acid groups (broad SMARTS) is 1. The van der Waals surface area contributed by atoms with Crippen molar-refractivity contribution >= 4 is 19.5 Å². The molecule has 0 bridgehead atoms. The Kier molecular flexibility index (Phi) is 9.41. The summed E-state index contributed by atoms with van der Waals surface area (Å²) in [5, 5.41) is 12.2. The first-order valence-corrected chi connectivity index (χ1v) is 12.8. The lowest BCUT2D eigenvalue weighted by Crippen LogP contribution is -2.42. The van der Waals surface area contributed by atoms with Crippen LogP contribution in [-0.2, 0) is 36.4 Å². The maximum atomic E-state index is 12.7. The van der Waals surface area contributed by atoms with E-state index in [1.165, 1.54) is 0 Å². The molecule has 0 saturated carbocycles. The highest BCUT2D eigenvalue weighted by Crippen LogP contribution is 2.51. The second-order valence-corrected chi connectivity index (χ2v) is 10.9. The Morgan fingerprint density at radius 1 is 0.939 bits per heavy atom. The summed E-state index contributed by atoms with van der Waals surface area (Å²) in [6.45, 7) is 10.4. The number of hydrogen-bond donors (Lipinski definition) is 2. The number of amides is 1. The average Bonchev–Trinajstić information content (AvgIpc) is 2.73. The monoisotopic (exact) mass is 475 g/mol. The predicted molar refractivity (Wildman–Crippen MR) is 129 cm³/mol. The van der Waals surface area contributed by atoms with Crippen LogP contribution in [0.5, 0.6) is 0 Å². The Labute approximate surface area is 196 Å². The summed E-state index contributed by atoms with van der Waals surface area (Å²) < 4.78 is 23.3. The first-order valence-electron chi connectivity index (χ1n) is 11.1. The quantitative estimate of drug-likeness (QED) is 0.435. The fraction of sp³-hybridized carbons (Fsp3) is 0.440. The Morgan fingerprint density at radius 2 is 1.45 bits per heavy atom. The van der Waals surface area contributed by atoms with E-state index in [1.54, 1.807) is 38.1 Å². The van der Waals surface area contributed by atoms with Gasteiger partial charge in [-0.25, -0.2) is 4.79 Å². The van der Waals surface area contributed by atoms with Crippen molar-refractivity contribution in [2.75, 3.05) is 13.2 Å². The van der Waals surface area contributed by atoms with Gasteiger partial charge in [0, 0.05) is 12.0 Å². The van der Waals surface area contributed by atoms with Crippen molar-refractivity contribution in [3.05, 3.63) is 70.8 Å². The van der Waals surface area contributed by atoms with Crippen molar-refractivity contribution in [1.29, 1.82) is 0 Å². The summed E-state index contributed by atoms with van der Waals surface area (Å²) >= 11 is 0. The molecule has 0 unspecified atom stereocenters. The molecule has 0 radical (unpaired) electrons. The molecule has 0 aliphatic rings. The van der Waals surface area contributed by atoms with Gasteiger partial charge in [-0.1, -0.05) is 57.2 Å². The van der Waals surface area contributed by atoms with Crippen LogP contribution in [0.4, 0.5) is 0 Å². The van der Waals surface area contributed by atoms with Crippen LogP contribution in [0.1, 0.15) is 61.7 Å². The minimum Gasteiger partial charge on any atom is -0.480 e. The number of hydrogen-bond acceptors (Lipinski definition) is 5. The van der Waals surface area contributed by atoms with E-state index >= 15 is 0 Å². The molecule has 1 atom stereocenters. The fourth-order valence-corrected chi connectivity index (χ4v) is 5.03. The molecular weight excluding hydrogens is 441 g/mol. The van der Waals surface area contributed by atoms with E-state index in [2.05, 4.69) is 26.1 Å². The number of rotatable bonds is 11. The van der Waals surface area contributed by atoms with Gasteiger partial charge >= 0.3 is 13.6 Å². The number of carboxylic acids is 1. The number of carbonyl (C=O) groups is 2. The lowest BCUT2D eigenvalue weighted by atomic mass is 9.86. The Balaban J connectivity index is 2.06. The summed E-state index contributed by atoms with van der Waals surface area (Å²) in [6, 6.07) is 13.2. The second kappa shape index (κ2) is 11.6. The first kappa shape index (κ1) is 26.8. The molecule has 0 aliphatic carbocycles. The third-order valence-corrected chi connectivity index (χ3v) is 7.16. The van der Waals surface area contributed by atoms with Gasteiger partial charge in [0.15, 0.2) is 0 Å². The summed E-state index contributed by atoms with van der Waals surface area (Å²) in [5.41, 5.74) is 3.00. The molecule has 0 saturated heterocycles. The van der Waals surface area contributed by atoms with E-state index in [0.717, 1.165) is 11.1 Å². The molecule has 1 amide bonds. The van der Waals surface area contributed by atoms with E-state index in [4.69, 9.17) is 9.05 Å². The molecule has 33 heavy (non-hydrogen) atoms. The maximum absolute atomic E-state index is 12.7. The molecule has 2 aromatic carbocycles. The van der Waals surface area contributed by atoms with Gasteiger partial charge in [-0.15, -0.1) is 0 Å². The molecule has 2 aromatic rings. The topological polar surface area (TPSA) is 102 Å². The van der Waals surface area contributed by atoms with Crippen molar-refractivity contribution in [3.63, 3.8) is 0 Å². The minimum absolute atomic E-state index is 0.00415. The molecule has 2 N–H and O–H groups in total. The zero-order valence-corrected chi connectivity index (χ0v) is 20.9. The van der Waals surface area contributed by atoms with E-state index < -0.39 is 25.5 Å². The highest BCUT2D eigenvalue weighted by atomic mass is 31.2. The van der Waals surface area contributed by atoms with Gasteiger partial charge in [-0.2, -0.15) is 0 Å². The smallest absolute Gasteiger partial charge is 0.335 e. The van der Waals surface area contributed by atoms with Gasteiger partial charge in [-0.05, 0) is 48.1 Å². The normalized spacial score (nSPS) is 12.9. The number of aliphatic carboxylic acids is 1. The van der Waals surface area contributed by atoms with Crippen molar-refractivity contribution in [2.24, 2.45) is 0 Å². The minimum atomic E-state index is -3.25. The molecule has 0 fully saturated rings. The van der Waals surface area contributed by atoms with Gasteiger partial charge in [0.05, 0.1) is 19.4 Å². The lowest BCUT2D eigenvalue weighted by molar-refractivity contribution is -0.139. The van der Waals surface area contributed by atoms with Crippen molar-refractivity contribution < 1.29 is 28.3 Å². The Bertz CT molecular complexity index is 969. The van der Waals surface area contributed by atoms with Crippen LogP contribution >= 0.6 is 7.60 Å². The lowest BCUT2D eigenvalue weighted by Gasteiger charge is -2.20. The van der Waals surface area contributed by atoms with Gasteiger partial charge in [0.2, 0.25) is 0 Å². The first-order chi connectivity index (χ1) is 15.5. The van der Waals surface area contributed by atoms with Crippen molar-refractivity contribution in [1.82, 2.24) is 5.32 Å². The van der Waals surface area contributed by atoms with Crippen LogP contribution in [0.15, 0.2) is 48.5 Å². The van der Waals surface area contributed by atoms with Crippen LogP contribution in [0, 0.1) is 0 Å².